The van der Waals surface area contributed by atoms with E-state index >= 15 is 0 Å². The fraction of sp³-hybridized carbons (Fsp3) is 0.667. The zero-order valence-electron chi connectivity index (χ0n) is 9.78. The van der Waals surface area contributed by atoms with Gasteiger partial charge >= 0.3 is 0 Å². The first-order chi connectivity index (χ1) is 7.26. The smallest absolute Gasteiger partial charge is 0.117 e. The zero-order chi connectivity index (χ0) is 11.1. The molecular weight excluding hydrogens is 188 g/mol. The predicted molar refractivity (Wildman–Crippen MR) is 62.5 cm³/mol. The van der Waals surface area contributed by atoms with Gasteiger partial charge in [-0.05, 0) is 44.6 Å². The van der Waals surface area contributed by atoms with Gasteiger partial charge in [-0.25, -0.2) is 0 Å². The molecule has 0 aliphatic heterocycles. The van der Waals surface area contributed by atoms with E-state index < -0.39 is 0 Å². The number of hydrogen-bond acceptors (Lipinski definition) is 3. The topological polar surface area (TPSA) is 42.4 Å². The average Bonchev–Trinajstić information content (AvgIpc) is 2.72. The first-order valence-electron chi connectivity index (χ1n) is 5.67. The molecule has 3 heteroatoms. The Morgan fingerprint density at radius 2 is 2.33 bits per heavy atom. The van der Waals surface area contributed by atoms with Gasteiger partial charge in [0.25, 0.3) is 0 Å². The number of rotatable bonds is 7. The molecule has 0 fully saturated rings. The Morgan fingerprint density at radius 3 is 2.87 bits per heavy atom. The molecule has 0 amide bonds. The quantitative estimate of drug-likeness (QED) is 0.749. The van der Waals surface area contributed by atoms with Gasteiger partial charge in [-0.15, -0.1) is 0 Å². The molecule has 0 saturated carbocycles. The Balaban J connectivity index is 2.21. The molecule has 0 spiro atoms. The number of hydrogen-bond donors (Lipinski definition) is 1. The van der Waals surface area contributed by atoms with Gasteiger partial charge in [-0.3, -0.25) is 4.90 Å². The first kappa shape index (κ1) is 12.3. The van der Waals surface area contributed by atoms with E-state index in [0.29, 0.717) is 5.92 Å². The molecule has 0 aliphatic rings. The van der Waals surface area contributed by atoms with Gasteiger partial charge < -0.3 is 10.2 Å². The summed E-state index contributed by atoms with van der Waals surface area (Å²) in [6, 6.07) is 3.94. The molecule has 0 bridgehead atoms. The molecular formula is C12H22N2O. The van der Waals surface area contributed by atoms with Crippen LogP contribution in [0.25, 0.3) is 0 Å². The van der Waals surface area contributed by atoms with Crippen molar-refractivity contribution in [3.8, 4) is 0 Å². The fourth-order valence-corrected chi connectivity index (χ4v) is 1.64. The van der Waals surface area contributed by atoms with Crippen molar-refractivity contribution in [2.75, 3.05) is 20.1 Å². The summed E-state index contributed by atoms with van der Waals surface area (Å²) in [6.07, 6.45) is 4.06. The van der Waals surface area contributed by atoms with E-state index in [1.165, 1.54) is 12.8 Å². The lowest BCUT2D eigenvalue weighted by molar-refractivity contribution is 0.269. The molecule has 0 aliphatic carbocycles. The first-order valence-corrected chi connectivity index (χ1v) is 5.67. The van der Waals surface area contributed by atoms with E-state index in [4.69, 9.17) is 10.2 Å². The van der Waals surface area contributed by atoms with Gasteiger partial charge in [0.1, 0.15) is 5.76 Å². The van der Waals surface area contributed by atoms with Crippen molar-refractivity contribution in [1.82, 2.24) is 4.90 Å². The third kappa shape index (κ3) is 4.49. The van der Waals surface area contributed by atoms with Crippen LogP contribution < -0.4 is 5.73 Å². The normalized spacial score (nSPS) is 13.3. The summed E-state index contributed by atoms with van der Waals surface area (Å²) in [5.74, 6) is 1.68. The minimum atomic E-state index is 0.657. The fourth-order valence-electron chi connectivity index (χ4n) is 1.64. The molecule has 0 saturated heterocycles. The summed E-state index contributed by atoms with van der Waals surface area (Å²) in [5.41, 5.74) is 5.67. The lowest BCUT2D eigenvalue weighted by Crippen LogP contribution is -2.23. The summed E-state index contributed by atoms with van der Waals surface area (Å²) in [5, 5.41) is 0. The van der Waals surface area contributed by atoms with Gasteiger partial charge in [0.15, 0.2) is 0 Å². The Bertz CT molecular complexity index is 242. The maximum absolute atomic E-state index is 5.67. The van der Waals surface area contributed by atoms with Crippen molar-refractivity contribution in [3.05, 3.63) is 24.2 Å². The van der Waals surface area contributed by atoms with Crippen molar-refractivity contribution >= 4 is 0 Å². The Hall–Kier alpha value is -0.800. The highest BCUT2D eigenvalue weighted by Gasteiger charge is 2.07. The van der Waals surface area contributed by atoms with Crippen LogP contribution >= 0.6 is 0 Å². The van der Waals surface area contributed by atoms with Crippen LogP contribution in [0.2, 0.25) is 0 Å². The molecule has 1 rings (SSSR count). The Labute approximate surface area is 92.2 Å². The van der Waals surface area contributed by atoms with E-state index in [1.807, 2.05) is 12.1 Å². The number of nitrogens with two attached hydrogens (primary N) is 1. The summed E-state index contributed by atoms with van der Waals surface area (Å²) in [4.78, 5) is 2.27. The molecule has 1 unspecified atom stereocenters. The summed E-state index contributed by atoms with van der Waals surface area (Å²) < 4.78 is 5.30. The third-order valence-corrected chi connectivity index (χ3v) is 2.84. The highest BCUT2D eigenvalue weighted by atomic mass is 16.3. The number of furan rings is 1. The van der Waals surface area contributed by atoms with E-state index in [2.05, 4.69) is 18.9 Å². The van der Waals surface area contributed by atoms with Crippen LogP contribution in [-0.4, -0.2) is 25.0 Å². The highest BCUT2D eigenvalue weighted by molar-refractivity contribution is 4.97. The maximum atomic E-state index is 5.67. The van der Waals surface area contributed by atoms with Gasteiger partial charge in [-0.2, -0.15) is 0 Å². The van der Waals surface area contributed by atoms with Crippen molar-refractivity contribution in [1.29, 1.82) is 0 Å². The second-order valence-electron chi connectivity index (χ2n) is 4.12. The van der Waals surface area contributed by atoms with Crippen LogP contribution in [0.15, 0.2) is 22.8 Å². The van der Waals surface area contributed by atoms with Crippen molar-refractivity contribution in [3.63, 3.8) is 0 Å². The van der Waals surface area contributed by atoms with Crippen LogP contribution in [0.1, 0.15) is 25.5 Å². The van der Waals surface area contributed by atoms with Crippen molar-refractivity contribution in [2.45, 2.75) is 26.3 Å². The minimum Gasteiger partial charge on any atom is -0.468 e. The summed E-state index contributed by atoms with van der Waals surface area (Å²) >= 11 is 0. The van der Waals surface area contributed by atoms with E-state index in [-0.39, 0.29) is 0 Å². The van der Waals surface area contributed by atoms with Crippen LogP contribution in [0.5, 0.6) is 0 Å². The van der Waals surface area contributed by atoms with Gasteiger partial charge in [0.05, 0.1) is 12.8 Å². The predicted octanol–water partition coefficient (Wildman–Crippen LogP) is 2.09. The lowest BCUT2D eigenvalue weighted by atomic mass is 10.0. The molecule has 15 heavy (non-hydrogen) atoms. The molecule has 1 atom stereocenters. The molecule has 1 heterocycles. The molecule has 1 aromatic rings. The molecule has 2 N–H and O–H groups in total. The largest absolute Gasteiger partial charge is 0.468 e. The second-order valence-corrected chi connectivity index (χ2v) is 4.12. The molecule has 0 aromatic carbocycles. The van der Waals surface area contributed by atoms with Gasteiger partial charge in [-0.1, -0.05) is 13.3 Å². The molecule has 1 aromatic heterocycles. The van der Waals surface area contributed by atoms with Crippen LogP contribution in [0.4, 0.5) is 0 Å². The summed E-state index contributed by atoms with van der Waals surface area (Å²) in [7, 11) is 2.12. The van der Waals surface area contributed by atoms with Gasteiger partial charge in [0, 0.05) is 0 Å². The highest BCUT2D eigenvalue weighted by Crippen LogP contribution is 2.09. The van der Waals surface area contributed by atoms with Crippen molar-refractivity contribution in [2.24, 2.45) is 11.7 Å². The monoisotopic (exact) mass is 210 g/mol. The molecule has 86 valence electrons. The third-order valence-electron chi connectivity index (χ3n) is 2.84. The second kappa shape index (κ2) is 6.64. The van der Waals surface area contributed by atoms with Crippen molar-refractivity contribution < 1.29 is 4.42 Å². The van der Waals surface area contributed by atoms with Gasteiger partial charge in [0.2, 0.25) is 0 Å². The zero-order valence-corrected chi connectivity index (χ0v) is 9.78. The SMILES string of the molecule is CCC(CN)CCN(C)Cc1ccco1. The standard InChI is InChI=1S/C12H22N2O/c1-3-11(9-13)6-7-14(2)10-12-5-4-8-15-12/h4-5,8,11H,3,6-7,9-10,13H2,1-2H3. The van der Waals surface area contributed by atoms with Crippen LogP contribution in [0.3, 0.4) is 0 Å². The maximum Gasteiger partial charge on any atom is 0.117 e. The lowest BCUT2D eigenvalue weighted by Gasteiger charge is -2.18. The molecule has 3 nitrogen and oxygen atoms in total. The van der Waals surface area contributed by atoms with Crippen LogP contribution in [0, 0.1) is 5.92 Å². The minimum absolute atomic E-state index is 0.657. The average molecular weight is 210 g/mol. The Morgan fingerprint density at radius 1 is 1.53 bits per heavy atom. The van der Waals surface area contributed by atoms with E-state index in [0.717, 1.165) is 25.4 Å². The summed E-state index contributed by atoms with van der Waals surface area (Å²) in [6.45, 7) is 4.96. The van der Waals surface area contributed by atoms with E-state index in [9.17, 15) is 0 Å². The van der Waals surface area contributed by atoms with E-state index in [1.54, 1.807) is 6.26 Å². The Kier molecular flexibility index (Phi) is 5.43. The molecule has 0 radical (unpaired) electrons. The van der Waals surface area contributed by atoms with Crippen LogP contribution in [-0.2, 0) is 6.54 Å². The number of nitrogens with zero attached hydrogens (tertiary/aromatic N) is 1.